The Balaban J connectivity index is 2.36. The number of carbonyl (C=O) groups is 1. The number of carbonyl (C=O) groups excluding carboxylic acids is 1. The summed E-state index contributed by atoms with van der Waals surface area (Å²) in [6.07, 6.45) is 1.14. The van der Waals surface area contributed by atoms with Crippen LogP contribution in [0.15, 0.2) is 47.4 Å². The predicted molar refractivity (Wildman–Crippen MR) is 80.7 cm³/mol. The van der Waals surface area contributed by atoms with Crippen molar-refractivity contribution >= 4 is 15.6 Å². The number of aryl methyl sites for hydroxylation is 1. The summed E-state index contributed by atoms with van der Waals surface area (Å²) in [4.78, 5) is 12.6. The molecule has 0 radical (unpaired) electrons. The molecule has 0 N–H and O–H groups in total. The van der Waals surface area contributed by atoms with Crippen LogP contribution in [0.1, 0.15) is 21.5 Å². The molecule has 0 amide bonds. The van der Waals surface area contributed by atoms with Crippen LogP contribution in [-0.2, 0) is 9.84 Å². The Morgan fingerprint density at radius 3 is 2.14 bits per heavy atom. The second-order valence-corrected chi connectivity index (χ2v) is 6.82. The first-order valence-corrected chi connectivity index (χ1v) is 8.21. The Morgan fingerprint density at radius 2 is 1.67 bits per heavy atom. The summed E-state index contributed by atoms with van der Waals surface area (Å²) in [6, 6.07) is 11.2. The van der Waals surface area contributed by atoms with E-state index in [9.17, 15) is 13.2 Å². The van der Waals surface area contributed by atoms with Crippen LogP contribution in [0.5, 0.6) is 5.75 Å². The molecule has 0 fully saturated rings. The van der Waals surface area contributed by atoms with Crippen molar-refractivity contribution in [3.8, 4) is 5.75 Å². The van der Waals surface area contributed by atoms with Crippen LogP contribution >= 0.6 is 0 Å². The number of rotatable bonds is 4. The molecule has 0 atom stereocenters. The summed E-state index contributed by atoms with van der Waals surface area (Å²) in [5.74, 6) is 0.548. The van der Waals surface area contributed by atoms with E-state index < -0.39 is 9.84 Å². The van der Waals surface area contributed by atoms with Crippen LogP contribution in [-0.4, -0.2) is 27.6 Å². The van der Waals surface area contributed by atoms with Gasteiger partial charge in [0.15, 0.2) is 15.6 Å². The first-order valence-electron chi connectivity index (χ1n) is 6.32. The minimum absolute atomic E-state index is 0.143. The van der Waals surface area contributed by atoms with E-state index in [-0.39, 0.29) is 10.7 Å². The van der Waals surface area contributed by atoms with E-state index in [1.807, 2.05) is 6.92 Å². The van der Waals surface area contributed by atoms with Gasteiger partial charge in [-0.3, -0.25) is 4.79 Å². The summed E-state index contributed by atoms with van der Waals surface area (Å²) < 4.78 is 27.9. The van der Waals surface area contributed by atoms with Crippen molar-refractivity contribution in [3.05, 3.63) is 59.2 Å². The monoisotopic (exact) mass is 304 g/mol. The molecule has 0 saturated heterocycles. The third-order valence-corrected chi connectivity index (χ3v) is 4.35. The summed E-state index contributed by atoms with van der Waals surface area (Å²) in [5.41, 5.74) is 1.84. The van der Waals surface area contributed by atoms with E-state index in [0.717, 1.165) is 11.8 Å². The van der Waals surface area contributed by atoms with Gasteiger partial charge in [0.2, 0.25) is 0 Å². The van der Waals surface area contributed by atoms with Crippen LogP contribution in [0.25, 0.3) is 0 Å². The topological polar surface area (TPSA) is 60.4 Å². The lowest BCUT2D eigenvalue weighted by atomic mass is 9.99. The highest BCUT2D eigenvalue weighted by molar-refractivity contribution is 7.90. The van der Waals surface area contributed by atoms with Crippen molar-refractivity contribution in [1.82, 2.24) is 0 Å². The molecule has 0 aliphatic carbocycles. The number of sulfone groups is 1. The molecule has 0 saturated carbocycles. The van der Waals surface area contributed by atoms with Crippen LogP contribution in [0.3, 0.4) is 0 Å². The maximum absolute atomic E-state index is 12.4. The van der Waals surface area contributed by atoms with E-state index in [2.05, 4.69) is 0 Å². The van der Waals surface area contributed by atoms with E-state index in [1.54, 1.807) is 25.3 Å². The molecular formula is C16H16O4S. The largest absolute Gasteiger partial charge is 0.497 e. The molecular weight excluding hydrogens is 288 g/mol. The van der Waals surface area contributed by atoms with Crippen LogP contribution in [0, 0.1) is 6.92 Å². The molecule has 0 aliphatic heterocycles. The van der Waals surface area contributed by atoms with Crippen molar-refractivity contribution in [3.63, 3.8) is 0 Å². The highest BCUT2D eigenvalue weighted by Crippen LogP contribution is 2.20. The lowest BCUT2D eigenvalue weighted by Crippen LogP contribution is -2.05. The number of benzene rings is 2. The second kappa shape index (κ2) is 5.69. The summed E-state index contributed by atoms with van der Waals surface area (Å²) in [5, 5.41) is 0. The Hall–Kier alpha value is -2.14. The maximum Gasteiger partial charge on any atom is 0.193 e. The second-order valence-electron chi connectivity index (χ2n) is 4.81. The highest BCUT2D eigenvalue weighted by Gasteiger charge is 2.14. The van der Waals surface area contributed by atoms with Gasteiger partial charge in [-0.25, -0.2) is 8.42 Å². The molecule has 4 nitrogen and oxygen atoms in total. The molecule has 0 aromatic heterocycles. The Kier molecular flexibility index (Phi) is 4.14. The third-order valence-electron chi connectivity index (χ3n) is 3.22. The molecule has 5 heteroatoms. The van der Waals surface area contributed by atoms with Gasteiger partial charge in [-0.05, 0) is 55.0 Å². The van der Waals surface area contributed by atoms with Crippen molar-refractivity contribution in [2.75, 3.05) is 13.4 Å². The predicted octanol–water partition coefficient (Wildman–Crippen LogP) is 2.64. The highest BCUT2D eigenvalue weighted by atomic mass is 32.2. The fourth-order valence-electron chi connectivity index (χ4n) is 2.03. The van der Waals surface area contributed by atoms with E-state index in [0.29, 0.717) is 16.9 Å². The van der Waals surface area contributed by atoms with E-state index >= 15 is 0 Å². The van der Waals surface area contributed by atoms with Crippen molar-refractivity contribution < 1.29 is 17.9 Å². The van der Waals surface area contributed by atoms with Gasteiger partial charge in [0.05, 0.1) is 12.0 Å². The van der Waals surface area contributed by atoms with Crippen molar-refractivity contribution in [2.45, 2.75) is 11.8 Å². The summed E-state index contributed by atoms with van der Waals surface area (Å²) in [6.45, 7) is 1.83. The minimum Gasteiger partial charge on any atom is -0.497 e. The smallest absolute Gasteiger partial charge is 0.193 e. The molecule has 2 aromatic carbocycles. The molecule has 110 valence electrons. The quantitative estimate of drug-likeness (QED) is 0.815. The standard InChI is InChI=1S/C16H16O4S/c1-11-10-13(20-2)6-9-15(11)16(17)12-4-7-14(8-5-12)21(3,18)19/h4-10H,1-3H3. The third kappa shape index (κ3) is 3.31. The van der Waals surface area contributed by atoms with Crippen LogP contribution in [0.2, 0.25) is 0 Å². The fraction of sp³-hybridized carbons (Fsp3) is 0.188. The zero-order chi connectivity index (χ0) is 15.6. The number of ketones is 1. The molecule has 2 aromatic rings. The van der Waals surface area contributed by atoms with E-state index in [4.69, 9.17) is 4.74 Å². The normalized spacial score (nSPS) is 11.2. The van der Waals surface area contributed by atoms with Gasteiger partial charge in [-0.2, -0.15) is 0 Å². The van der Waals surface area contributed by atoms with Gasteiger partial charge in [0, 0.05) is 17.4 Å². The molecule has 0 unspecified atom stereocenters. The maximum atomic E-state index is 12.4. The Labute approximate surface area is 124 Å². The number of hydrogen-bond acceptors (Lipinski definition) is 4. The number of methoxy groups -OCH3 is 1. The molecule has 0 heterocycles. The molecule has 2 rings (SSSR count). The summed E-state index contributed by atoms with van der Waals surface area (Å²) in [7, 11) is -1.69. The fourth-order valence-corrected chi connectivity index (χ4v) is 2.66. The Bertz CT molecular complexity index is 774. The Morgan fingerprint density at radius 1 is 1.05 bits per heavy atom. The lowest BCUT2D eigenvalue weighted by molar-refractivity contribution is 0.103. The molecule has 0 spiro atoms. The van der Waals surface area contributed by atoms with Gasteiger partial charge in [0.1, 0.15) is 5.75 Å². The molecule has 21 heavy (non-hydrogen) atoms. The van der Waals surface area contributed by atoms with Crippen molar-refractivity contribution in [1.29, 1.82) is 0 Å². The first kappa shape index (κ1) is 15.3. The van der Waals surface area contributed by atoms with Crippen LogP contribution in [0.4, 0.5) is 0 Å². The lowest BCUT2D eigenvalue weighted by Gasteiger charge is -2.08. The minimum atomic E-state index is -3.25. The zero-order valence-corrected chi connectivity index (χ0v) is 12.9. The first-order chi connectivity index (χ1) is 9.82. The molecule has 0 bridgehead atoms. The average molecular weight is 304 g/mol. The number of ether oxygens (including phenoxy) is 1. The van der Waals surface area contributed by atoms with Crippen molar-refractivity contribution in [2.24, 2.45) is 0 Å². The molecule has 0 aliphatic rings. The number of hydrogen-bond donors (Lipinski definition) is 0. The van der Waals surface area contributed by atoms with Gasteiger partial charge < -0.3 is 4.74 Å². The SMILES string of the molecule is COc1ccc(C(=O)c2ccc(S(C)(=O)=O)cc2)c(C)c1. The van der Waals surface area contributed by atoms with Gasteiger partial charge in [-0.15, -0.1) is 0 Å². The zero-order valence-electron chi connectivity index (χ0n) is 12.1. The van der Waals surface area contributed by atoms with E-state index in [1.165, 1.54) is 24.3 Å². The average Bonchev–Trinajstić information content (AvgIpc) is 2.45. The van der Waals surface area contributed by atoms with Crippen LogP contribution < -0.4 is 4.74 Å². The van der Waals surface area contributed by atoms with Gasteiger partial charge in [0.25, 0.3) is 0 Å². The van der Waals surface area contributed by atoms with Gasteiger partial charge in [-0.1, -0.05) is 0 Å². The summed E-state index contributed by atoms with van der Waals surface area (Å²) >= 11 is 0. The van der Waals surface area contributed by atoms with Gasteiger partial charge >= 0.3 is 0 Å².